The minimum Gasteiger partial charge on any atom is -0.496 e. The fourth-order valence-electron chi connectivity index (χ4n) is 3.45. The van der Waals surface area contributed by atoms with Crippen molar-refractivity contribution < 1.29 is 19.2 Å². The zero-order valence-corrected chi connectivity index (χ0v) is 17.2. The number of halogens is 1. The van der Waals surface area contributed by atoms with E-state index < -0.39 is 4.92 Å². The molecule has 9 heteroatoms. The van der Waals surface area contributed by atoms with Crippen molar-refractivity contribution in [1.82, 2.24) is 4.90 Å². The minimum atomic E-state index is -0.441. The molecule has 1 heterocycles. The summed E-state index contributed by atoms with van der Waals surface area (Å²) in [5.74, 6) is 1.04. The van der Waals surface area contributed by atoms with Gasteiger partial charge in [0.15, 0.2) is 0 Å². The molecule has 1 fully saturated rings. The number of carbonyl (C=O) groups excluding carboxylic acids is 1. The van der Waals surface area contributed by atoms with Crippen LogP contribution in [0.4, 0.5) is 11.4 Å². The zero-order chi connectivity index (χ0) is 21.1. The predicted molar refractivity (Wildman–Crippen MR) is 111 cm³/mol. The molecule has 2 aromatic carbocycles. The van der Waals surface area contributed by atoms with Gasteiger partial charge in [0.1, 0.15) is 17.2 Å². The molecule has 0 aromatic heterocycles. The molecule has 1 aliphatic rings. The van der Waals surface area contributed by atoms with E-state index in [2.05, 4.69) is 0 Å². The van der Waals surface area contributed by atoms with Gasteiger partial charge in [-0.3, -0.25) is 14.9 Å². The van der Waals surface area contributed by atoms with Gasteiger partial charge >= 0.3 is 0 Å². The van der Waals surface area contributed by atoms with E-state index in [4.69, 9.17) is 21.1 Å². The molecule has 2 aromatic rings. The van der Waals surface area contributed by atoms with Gasteiger partial charge in [-0.05, 0) is 31.2 Å². The molecular weight excluding hydrogens is 398 g/mol. The first kappa shape index (κ1) is 20.7. The maximum Gasteiger partial charge on any atom is 0.294 e. The molecule has 0 aliphatic carbocycles. The van der Waals surface area contributed by atoms with Gasteiger partial charge in [0, 0.05) is 48.4 Å². The van der Waals surface area contributed by atoms with Gasteiger partial charge in [-0.15, -0.1) is 0 Å². The summed E-state index contributed by atoms with van der Waals surface area (Å²) in [6.07, 6.45) is 0. The van der Waals surface area contributed by atoms with Crippen molar-refractivity contribution in [2.75, 3.05) is 45.3 Å². The molecule has 0 unspecified atom stereocenters. The Kier molecular flexibility index (Phi) is 6.12. The number of nitrogens with zero attached hydrogens (tertiary/aromatic N) is 3. The number of anilines is 1. The minimum absolute atomic E-state index is 0.0368. The lowest BCUT2D eigenvalue weighted by atomic mass is 10.1. The lowest BCUT2D eigenvalue weighted by Crippen LogP contribution is -2.49. The van der Waals surface area contributed by atoms with E-state index in [1.54, 1.807) is 43.4 Å². The van der Waals surface area contributed by atoms with Crippen LogP contribution in [-0.4, -0.2) is 56.1 Å². The number of rotatable bonds is 5. The standard InChI is InChI=1S/C20H22ClN3O5/c1-13-18(28-2)10-14(11-19(13)29-3)20(25)23-8-6-22(7-9-23)16-5-4-15(21)12-17(16)24(26)27/h4-5,10-12H,6-9H2,1-3H3. The Bertz CT molecular complexity index is 917. The molecule has 29 heavy (non-hydrogen) atoms. The summed E-state index contributed by atoms with van der Waals surface area (Å²) in [6, 6.07) is 8.03. The van der Waals surface area contributed by atoms with Crippen LogP contribution in [0.15, 0.2) is 30.3 Å². The van der Waals surface area contributed by atoms with E-state index >= 15 is 0 Å². The quantitative estimate of drug-likeness (QED) is 0.544. The Balaban J connectivity index is 1.76. The van der Waals surface area contributed by atoms with Crippen molar-refractivity contribution in [2.45, 2.75) is 6.92 Å². The van der Waals surface area contributed by atoms with Crippen molar-refractivity contribution in [1.29, 1.82) is 0 Å². The zero-order valence-electron chi connectivity index (χ0n) is 16.5. The molecule has 0 radical (unpaired) electrons. The lowest BCUT2D eigenvalue weighted by Gasteiger charge is -2.36. The number of hydrogen-bond donors (Lipinski definition) is 0. The number of carbonyl (C=O) groups is 1. The summed E-state index contributed by atoms with van der Waals surface area (Å²) in [4.78, 5) is 27.5. The van der Waals surface area contributed by atoms with Crippen molar-refractivity contribution in [3.8, 4) is 11.5 Å². The number of benzene rings is 2. The van der Waals surface area contributed by atoms with Crippen LogP contribution < -0.4 is 14.4 Å². The smallest absolute Gasteiger partial charge is 0.294 e. The molecule has 3 rings (SSSR count). The van der Waals surface area contributed by atoms with Gasteiger partial charge in [-0.25, -0.2) is 0 Å². The van der Waals surface area contributed by atoms with E-state index in [1.807, 2.05) is 11.8 Å². The summed E-state index contributed by atoms with van der Waals surface area (Å²) in [5.41, 5.74) is 1.78. The van der Waals surface area contributed by atoms with Gasteiger partial charge in [0.05, 0.1) is 19.1 Å². The third-order valence-corrected chi connectivity index (χ3v) is 5.28. The summed E-state index contributed by atoms with van der Waals surface area (Å²) in [6.45, 7) is 3.71. The number of hydrogen-bond acceptors (Lipinski definition) is 6. The highest BCUT2D eigenvalue weighted by Crippen LogP contribution is 2.33. The van der Waals surface area contributed by atoms with E-state index in [0.29, 0.717) is 54.0 Å². The molecule has 0 spiro atoms. The van der Waals surface area contributed by atoms with E-state index in [9.17, 15) is 14.9 Å². The first-order valence-electron chi connectivity index (χ1n) is 9.06. The highest BCUT2D eigenvalue weighted by Gasteiger charge is 2.27. The molecule has 0 saturated carbocycles. The average molecular weight is 420 g/mol. The highest BCUT2D eigenvalue weighted by atomic mass is 35.5. The van der Waals surface area contributed by atoms with Crippen molar-refractivity contribution in [2.24, 2.45) is 0 Å². The van der Waals surface area contributed by atoms with Crippen molar-refractivity contribution >= 4 is 28.9 Å². The Morgan fingerprint density at radius 3 is 2.17 bits per heavy atom. The number of nitro groups is 1. The lowest BCUT2D eigenvalue weighted by molar-refractivity contribution is -0.384. The molecule has 1 saturated heterocycles. The van der Waals surface area contributed by atoms with E-state index in [0.717, 1.165) is 5.56 Å². The van der Waals surface area contributed by atoms with Crippen LogP contribution in [0, 0.1) is 17.0 Å². The van der Waals surface area contributed by atoms with Crippen LogP contribution in [0.5, 0.6) is 11.5 Å². The van der Waals surface area contributed by atoms with Crippen LogP contribution in [-0.2, 0) is 0 Å². The van der Waals surface area contributed by atoms with Gasteiger partial charge in [-0.1, -0.05) is 11.6 Å². The number of piperazine rings is 1. The average Bonchev–Trinajstić information content (AvgIpc) is 2.73. The van der Waals surface area contributed by atoms with Crippen LogP contribution in [0.2, 0.25) is 5.02 Å². The normalized spacial score (nSPS) is 13.9. The molecule has 8 nitrogen and oxygen atoms in total. The summed E-state index contributed by atoms with van der Waals surface area (Å²) >= 11 is 5.90. The maximum absolute atomic E-state index is 13.0. The largest absolute Gasteiger partial charge is 0.496 e. The Morgan fingerprint density at radius 1 is 1.07 bits per heavy atom. The maximum atomic E-state index is 13.0. The second-order valence-electron chi connectivity index (χ2n) is 6.68. The molecule has 1 aliphatic heterocycles. The molecule has 0 N–H and O–H groups in total. The van der Waals surface area contributed by atoms with E-state index in [1.165, 1.54) is 6.07 Å². The molecule has 0 atom stereocenters. The van der Waals surface area contributed by atoms with Gasteiger partial charge < -0.3 is 19.3 Å². The number of ether oxygens (including phenoxy) is 2. The third-order valence-electron chi connectivity index (χ3n) is 5.04. The second kappa shape index (κ2) is 8.57. The fourth-order valence-corrected chi connectivity index (χ4v) is 3.62. The SMILES string of the molecule is COc1cc(C(=O)N2CCN(c3ccc(Cl)cc3[N+](=O)[O-])CC2)cc(OC)c1C. The molecular formula is C20H22ClN3O5. The second-order valence-corrected chi connectivity index (χ2v) is 7.11. The van der Waals surface area contributed by atoms with Crippen LogP contribution in [0.25, 0.3) is 0 Å². The number of nitro benzene ring substituents is 1. The Labute approximate surface area is 173 Å². The summed E-state index contributed by atoms with van der Waals surface area (Å²) in [5, 5.41) is 11.7. The summed E-state index contributed by atoms with van der Waals surface area (Å²) < 4.78 is 10.7. The van der Waals surface area contributed by atoms with Gasteiger partial charge in [0.25, 0.3) is 11.6 Å². The number of amides is 1. The first-order valence-corrected chi connectivity index (χ1v) is 9.44. The highest BCUT2D eigenvalue weighted by molar-refractivity contribution is 6.30. The molecule has 1 amide bonds. The fraction of sp³-hybridized carbons (Fsp3) is 0.350. The predicted octanol–water partition coefficient (Wildman–Crippen LogP) is 3.54. The topological polar surface area (TPSA) is 85.2 Å². The first-order chi connectivity index (χ1) is 13.8. The van der Waals surface area contributed by atoms with Crippen LogP contribution in [0.3, 0.4) is 0 Å². The number of methoxy groups -OCH3 is 2. The van der Waals surface area contributed by atoms with Crippen LogP contribution >= 0.6 is 11.6 Å². The third kappa shape index (κ3) is 4.22. The summed E-state index contributed by atoms with van der Waals surface area (Å²) in [7, 11) is 3.10. The Morgan fingerprint density at radius 2 is 1.66 bits per heavy atom. The van der Waals surface area contributed by atoms with E-state index in [-0.39, 0.29) is 11.6 Å². The molecule has 154 valence electrons. The molecule has 0 bridgehead atoms. The van der Waals surface area contributed by atoms with Crippen molar-refractivity contribution in [3.05, 3.63) is 56.6 Å². The van der Waals surface area contributed by atoms with Crippen molar-refractivity contribution in [3.63, 3.8) is 0 Å². The monoisotopic (exact) mass is 419 g/mol. The Hall–Kier alpha value is -3.00. The van der Waals surface area contributed by atoms with Crippen LogP contribution in [0.1, 0.15) is 15.9 Å². The van der Waals surface area contributed by atoms with Gasteiger partial charge in [0.2, 0.25) is 0 Å². The van der Waals surface area contributed by atoms with Gasteiger partial charge in [-0.2, -0.15) is 0 Å².